The summed E-state index contributed by atoms with van der Waals surface area (Å²) >= 11 is 0. The van der Waals surface area contributed by atoms with Crippen LogP contribution in [-0.4, -0.2) is 35.5 Å². The number of H-pyrrole nitrogens is 1. The normalized spacial score (nSPS) is 9.94. The number of nitrogens with zero attached hydrogens (tertiary/aromatic N) is 1. The average molecular weight is 253 g/mol. The monoisotopic (exact) mass is 253 g/mol. The molecule has 0 saturated heterocycles. The first-order valence-electron chi connectivity index (χ1n) is 5.34. The minimum Gasteiger partial charge on any atom is -0.468 e. The molecule has 0 aliphatic rings. The Kier molecular flexibility index (Phi) is 4.59. The molecule has 18 heavy (non-hydrogen) atoms. The molecule has 1 aromatic rings. The zero-order valence-corrected chi connectivity index (χ0v) is 10.5. The minimum absolute atomic E-state index is 0.0540. The van der Waals surface area contributed by atoms with Crippen LogP contribution in [0.15, 0.2) is 4.79 Å². The predicted octanol–water partition coefficient (Wildman–Crippen LogP) is -0.782. The first kappa shape index (κ1) is 13.9. The summed E-state index contributed by atoms with van der Waals surface area (Å²) in [6, 6.07) is 0. The van der Waals surface area contributed by atoms with Gasteiger partial charge in [-0.05, 0) is 13.8 Å². The van der Waals surface area contributed by atoms with E-state index in [0.29, 0.717) is 17.0 Å². The molecule has 98 valence electrons. The molecule has 1 rings (SSSR count). The van der Waals surface area contributed by atoms with E-state index in [0.717, 1.165) is 0 Å². The number of aryl methyl sites for hydroxylation is 2. The standard InChI is InChI=1S/C11H15N3O4/c1-6-8(7(2)14-11(17)13-6)4-9(15)12-5-10(16)18-3/h4-5H2,1-3H3,(H,12,15)(H,13,14,17). The highest BCUT2D eigenvalue weighted by Gasteiger charge is 2.11. The molecule has 0 radical (unpaired) electrons. The van der Waals surface area contributed by atoms with Gasteiger partial charge in [0.15, 0.2) is 0 Å². The van der Waals surface area contributed by atoms with Gasteiger partial charge in [-0.1, -0.05) is 0 Å². The molecule has 1 heterocycles. The maximum absolute atomic E-state index is 11.6. The van der Waals surface area contributed by atoms with Crippen LogP contribution in [0.25, 0.3) is 0 Å². The minimum atomic E-state index is -0.517. The van der Waals surface area contributed by atoms with Gasteiger partial charge in [-0.15, -0.1) is 0 Å². The van der Waals surface area contributed by atoms with Crippen molar-refractivity contribution in [3.05, 3.63) is 27.4 Å². The Hall–Kier alpha value is -2.18. The van der Waals surface area contributed by atoms with E-state index in [2.05, 4.69) is 20.0 Å². The summed E-state index contributed by atoms with van der Waals surface area (Å²) in [5.41, 5.74) is 1.31. The fourth-order valence-electron chi connectivity index (χ4n) is 1.48. The summed E-state index contributed by atoms with van der Waals surface area (Å²) in [6.07, 6.45) is 0.0540. The van der Waals surface area contributed by atoms with Gasteiger partial charge in [-0.2, -0.15) is 4.98 Å². The molecule has 1 amide bonds. The van der Waals surface area contributed by atoms with Gasteiger partial charge in [0, 0.05) is 17.0 Å². The van der Waals surface area contributed by atoms with Crippen molar-refractivity contribution in [2.45, 2.75) is 20.3 Å². The maximum Gasteiger partial charge on any atom is 0.345 e. The third-order valence-corrected chi connectivity index (χ3v) is 2.45. The lowest BCUT2D eigenvalue weighted by molar-refractivity contribution is -0.141. The van der Waals surface area contributed by atoms with Crippen LogP contribution in [0.4, 0.5) is 0 Å². The highest BCUT2D eigenvalue weighted by atomic mass is 16.5. The number of methoxy groups -OCH3 is 1. The molecule has 0 saturated carbocycles. The molecule has 1 aromatic heterocycles. The van der Waals surface area contributed by atoms with Gasteiger partial charge < -0.3 is 15.0 Å². The van der Waals surface area contributed by atoms with E-state index in [1.54, 1.807) is 13.8 Å². The fourth-order valence-corrected chi connectivity index (χ4v) is 1.48. The fraction of sp³-hybridized carbons (Fsp3) is 0.455. The Labute approximate surface area is 104 Å². The topological polar surface area (TPSA) is 101 Å². The highest BCUT2D eigenvalue weighted by molar-refractivity contribution is 5.83. The molecule has 0 aliphatic carbocycles. The Balaban J connectivity index is 2.71. The van der Waals surface area contributed by atoms with Crippen LogP contribution in [0, 0.1) is 13.8 Å². The van der Waals surface area contributed by atoms with Crippen molar-refractivity contribution < 1.29 is 14.3 Å². The number of ether oxygens (including phenoxy) is 1. The van der Waals surface area contributed by atoms with Crippen molar-refractivity contribution in [1.29, 1.82) is 0 Å². The Morgan fingerprint density at radius 3 is 2.61 bits per heavy atom. The number of hydrogen-bond acceptors (Lipinski definition) is 5. The zero-order valence-electron chi connectivity index (χ0n) is 10.5. The number of amides is 1. The van der Waals surface area contributed by atoms with Crippen LogP contribution in [-0.2, 0) is 20.7 Å². The van der Waals surface area contributed by atoms with E-state index in [1.165, 1.54) is 7.11 Å². The Morgan fingerprint density at radius 2 is 2.06 bits per heavy atom. The van der Waals surface area contributed by atoms with Gasteiger partial charge in [-0.3, -0.25) is 9.59 Å². The van der Waals surface area contributed by atoms with Crippen molar-refractivity contribution in [2.24, 2.45) is 0 Å². The molecular formula is C11H15N3O4. The number of hydrogen-bond donors (Lipinski definition) is 2. The van der Waals surface area contributed by atoms with E-state index in [1.807, 2.05) is 0 Å². The number of carbonyl (C=O) groups is 2. The molecule has 0 unspecified atom stereocenters. The van der Waals surface area contributed by atoms with Crippen molar-refractivity contribution in [2.75, 3.05) is 13.7 Å². The number of aromatic nitrogens is 2. The molecule has 0 fully saturated rings. The second-order valence-electron chi connectivity index (χ2n) is 3.76. The summed E-state index contributed by atoms with van der Waals surface area (Å²) < 4.78 is 4.40. The van der Waals surface area contributed by atoms with Crippen molar-refractivity contribution in [3.63, 3.8) is 0 Å². The van der Waals surface area contributed by atoms with Crippen LogP contribution in [0.2, 0.25) is 0 Å². The lowest BCUT2D eigenvalue weighted by Gasteiger charge is -2.08. The number of nitrogens with one attached hydrogen (secondary N) is 2. The van der Waals surface area contributed by atoms with Gasteiger partial charge >= 0.3 is 11.7 Å². The first-order valence-corrected chi connectivity index (χ1v) is 5.34. The van der Waals surface area contributed by atoms with Crippen LogP contribution in [0.5, 0.6) is 0 Å². The largest absolute Gasteiger partial charge is 0.468 e. The molecule has 0 spiro atoms. The summed E-state index contributed by atoms with van der Waals surface area (Å²) in [5.74, 6) is -0.850. The number of rotatable bonds is 4. The summed E-state index contributed by atoms with van der Waals surface area (Å²) in [4.78, 5) is 39.7. The second kappa shape index (κ2) is 5.95. The van der Waals surface area contributed by atoms with E-state index < -0.39 is 11.7 Å². The van der Waals surface area contributed by atoms with E-state index >= 15 is 0 Å². The molecule has 0 aromatic carbocycles. The predicted molar refractivity (Wildman–Crippen MR) is 63.1 cm³/mol. The van der Waals surface area contributed by atoms with E-state index in [9.17, 15) is 14.4 Å². The van der Waals surface area contributed by atoms with E-state index in [4.69, 9.17) is 0 Å². The summed E-state index contributed by atoms with van der Waals surface area (Å²) in [5, 5.41) is 2.42. The molecule has 0 atom stereocenters. The zero-order chi connectivity index (χ0) is 13.7. The van der Waals surface area contributed by atoms with Gasteiger partial charge in [0.05, 0.1) is 13.5 Å². The quantitative estimate of drug-likeness (QED) is 0.685. The number of aromatic amines is 1. The van der Waals surface area contributed by atoms with Crippen LogP contribution in [0.1, 0.15) is 17.0 Å². The van der Waals surface area contributed by atoms with Gasteiger partial charge in [-0.25, -0.2) is 4.79 Å². The SMILES string of the molecule is COC(=O)CNC(=O)Cc1c(C)nc(=O)[nH]c1C. The lowest BCUT2D eigenvalue weighted by Crippen LogP contribution is -2.32. The molecule has 2 N–H and O–H groups in total. The van der Waals surface area contributed by atoms with Crippen molar-refractivity contribution in [1.82, 2.24) is 15.3 Å². The van der Waals surface area contributed by atoms with Crippen molar-refractivity contribution in [3.8, 4) is 0 Å². The average Bonchev–Trinajstić information content (AvgIpc) is 2.30. The molecule has 0 bridgehead atoms. The van der Waals surface area contributed by atoms with Crippen molar-refractivity contribution >= 4 is 11.9 Å². The highest BCUT2D eigenvalue weighted by Crippen LogP contribution is 2.07. The van der Waals surface area contributed by atoms with Crippen LogP contribution < -0.4 is 11.0 Å². The van der Waals surface area contributed by atoms with Gasteiger partial charge in [0.2, 0.25) is 5.91 Å². The Bertz CT molecular complexity index is 495. The Morgan fingerprint density at radius 1 is 1.39 bits per heavy atom. The van der Waals surface area contributed by atoms with Crippen LogP contribution >= 0.6 is 0 Å². The molecule has 7 nitrogen and oxygen atoms in total. The van der Waals surface area contributed by atoms with Crippen LogP contribution in [0.3, 0.4) is 0 Å². The summed E-state index contributed by atoms with van der Waals surface area (Å²) in [7, 11) is 1.24. The lowest BCUT2D eigenvalue weighted by atomic mass is 10.1. The van der Waals surface area contributed by atoms with E-state index in [-0.39, 0.29) is 18.9 Å². The molecule has 0 aliphatic heterocycles. The maximum atomic E-state index is 11.6. The molecule has 7 heteroatoms. The summed E-state index contributed by atoms with van der Waals surface area (Å²) in [6.45, 7) is 3.17. The smallest absolute Gasteiger partial charge is 0.345 e. The van der Waals surface area contributed by atoms with Gasteiger partial charge in [0.1, 0.15) is 6.54 Å². The van der Waals surface area contributed by atoms with Gasteiger partial charge in [0.25, 0.3) is 0 Å². The number of esters is 1. The second-order valence-corrected chi connectivity index (χ2v) is 3.76. The first-order chi connectivity index (χ1) is 8.43. The third-order valence-electron chi connectivity index (χ3n) is 2.45. The number of carbonyl (C=O) groups excluding carboxylic acids is 2. The molecular weight excluding hydrogens is 238 g/mol. The third kappa shape index (κ3) is 3.69.